The first-order valence-electron chi connectivity index (χ1n) is 4.43. The number of nitrogens with two attached hydrogens (primary N) is 1. The van der Waals surface area contributed by atoms with Crippen molar-refractivity contribution in [1.82, 2.24) is 10.2 Å². The Kier molecular flexibility index (Phi) is 6.47. The fourth-order valence-electron chi connectivity index (χ4n) is 1.03. The minimum atomic E-state index is -0.00898. The Morgan fingerprint density at radius 3 is 2.58 bits per heavy atom. The fraction of sp³-hybridized carbons (Fsp3) is 0.875. The predicted octanol–water partition coefficient (Wildman–Crippen LogP) is 0.387. The maximum atomic E-state index is 11.2. The van der Waals surface area contributed by atoms with Crippen molar-refractivity contribution in [1.29, 1.82) is 0 Å². The predicted molar refractivity (Wildman–Crippen MR) is 50.0 cm³/mol. The van der Waals surface area contributed by atoms with Crippen molar-refractivity contribution in [2.45, 2.75) is 19.8 Å². The van der Waals surface area contributed by atoms with Gasteiger partial charge in [-0.25, -0.2) is 4.79 Å². The van der Waals surface area contributed by atoms with Crippen LogP contribution in [-0.4, -0.2) is 37.6 Å². The Morgan fingerprint density at radius 1 is 1.50 bits per heavy atom. The second-order valence-electron chi connectivity index (χ2n) is 2.68. The smallest absolute Gasteiger partial charge is 0.317 e. The summed E-state index contributed by atoms with van der Waals surface area (Å²) in [4.78, 5) is 13.0. The van der Waals surface area contributed by atoms with Crippen LogP contribution >= 0.6 is 0 Å². The van der Waals surface area contributed by atoms with E-state index in [0.29, 0.717) is 6.54 Å². The monoisotopic (exact) mass is 173 g/mol. The molecule has 0 heterocycles. The molecule has 0 saturated heterocycles. The highest BCUT2D eigenvalue weighted by atomic mass is 16.2. The highest BCUT2D eigenvalue weighted by Gasteiger charge is 2.08. The maximum Gasteiger partial charge on any atom is 0.317 e. The summed E-state index contributed by atoms with van der Waals surface area (Å²) in [6.45, 7) is 4.25. The van der Waals surface area contributed by atoms with Gasteiger partial charge in [-0.1, -0.05) is 6.92 Å². The van der Waals surface area contributed by atoms with Crippen molar-refractivity contribution in [2.24, 2.45) is 5.73 Å². The Labute approximate surface area is 74.1 Å². The van der Waals surface area contributed by atoms with Gasteiger partial charge in [0.1, 0.15) is 0 Å². The van der Waals surface area contributed by atoms with Crippen molar-refractivity contribution in [3.63, 3.8) is 0 Å². The normalized spacial score (nSPS) is 9.58. The number of nitrogens with one attached hydrogen (secondary N) is 1. The van der Waals surface area contributed by atoms with Crippen LogP contribution < -0.4 is 11.1 Å². The molecule has 3 N–H and O–H groups in total. The highest BCUT2D eigenvalue weighted by molar-refractivity contribution is 5.73. The quantitative estimate of drug-likeness (QED) is 0.631. The largest absolute Gasteiger partial charge is 0.341 e. The summed E-state index contributed by atoms with van der Waals surface area (Å²) >= 11 is 0. The summed E-state index contributed by atoms with van der Waals surface area (Å²) in [6.07, 6.45) is 1.85. The molecule has 0 radical (unpaired) electrons. The topological polar surface area (TPSA) is 58.4 Å². The first-order chi connectivity index (χ1) is 5.76. The van der Waals surface area contributed by atoms with Gasteiger partial charge < -0.3 is 16.0 Å². The standard InChI is InChI=1S/C8H19N3O/c1-3-6-11(7-4-5-9)8(12)10-2/h3-7,9H2,1-2H3,(H,10,12). The summed E-state index contributed by atoms with van der Waals surface area (Å²) in [5.74, 6) is 0. The Hall–Kier alpha value is -0.770. The number of urea groups is 1. The van der Waals surface area contributed by atoms with E-state index in [9.17, 15) is 4.79 Å². The van der Waals surface area contributed by atoms with Gasteiger partial charge in [-0.05, 0) is 19.4 Å². The van der Waals surface area contributed by atoms with Gasteiger partial charge in [0.2, 0.25) is 0 Å². The lowest BCUT2D eigenvalue weighted by atomic mass is 10.3. The molecule has 0 rings (SSSR count). The van der Waals surface area contributed by atoms with Crippen molar-refractivity contribution in [3.8, 4) is 0 Å². The third kappa shape index (κ3) is 4.18. The Morgan fingerprint density at radius 2 is 2.17 bits per heavy atom. The van der Waals surface area contributed by atoms with Crippen LogP contribution in [0.5, 0.6) is 0 Å². The second-order valence-corrected chi connectivity index (χ2v) is 2.68. The van der Waals surface area contributed by atoms with Crippen molar-refractivity contribution >= 4 is 6.03 Å². The van der Waals surface area contributed by atoms with E-state index in [1.807, 2.05) is 0 Å². The van der Waals surface area contributed by atoms with Crippen LogP contribution in [-0.2, 0) is 0 Å². The molecule has 0 aliphatic carbocycles. The van der Waals surface area contributed by atoms with Crippen LogP contribution in [0.4, 0.5) is 4.79 Å². The number of hydrogen-bond donors (Lipinski definition) is 2. The summed E-state index contributed by atoms with van der Waals surface area (Å²) in [6, 6.07) is -0.00898. The average molecular weight is 173 g/mol. The van der Waals surface area contributed by atoms with E-state index in [1.165, 1.54) is 0 Å². The van der Waals surface area contributed by atoms with Crippen LogP contribution in [0.15, 0.2) is 0 Å². The first kappa shape index (κ1) is 11.2. The van der Waals surface area contributed by atoms with Gasteiger partial charge in [0, 0.05) is 20.1 Å². The molecule has 0 aromatic rings. The van der Waals surface area contributed by atoms with Crippen LogP contribution in [0, 0.1) is 0 Å². The van der Waals surface area contributed by atoms with Gasteiger partial charge in [-0.15, -0.1) is 0 Å². The molecular weight excluding hydrogens is 154 g/mol. The third-order valence-electron chi connectivity index (χ3n) is 1.63. The van der Waals surface area contributed by atoms with Gasteiger partial charge >= 0.3 is 6.03 Å². The lowest BCUT2D eigenvalue weighted by Gasteiger charge is -2.20. The van der Waals surface area contributed by atoms with E-state index >= 15 is 0 Å². The van der Waals surface area contributed by atoms with Gasteiger partial charge in [0.15, 0.2) is 0 Å². The molecule has 0 fully saturated rings. The average Bonchev–Trinajstić information content (AvgIpc) is 2.11. The van der Waals surface area contributed by atoms with E-state index in [4.69, 9.17) is 5.73 Å². The van der Waals surface area contributed by atoms with Gasteiger partial charge in [0.25, 0.3) is 0 Å². The molecule has 0 spiro atoms. The molecular formula is C8H19N3O. The molecule has 4 heteroatoms. The van der Waals surface area contributed by atoms with Crippen molar-refractivity contribution in [3.05, 3.63) is 0 Å². The zero-order valence-corrected chi connectivity index (χ0v) is 7.97. The highest BCUT2D eigenvalue weighted by Crippen LogP contribution is 1.93. The minimum absolute atomic E-state index is 0.00898. The van der Waals surface area contributed by atoms with Crippen LogP contribution in [0.2, 0.25) is 0 Å². The van der Waals surface area contributed by atoms with Gasteiger partial charge in [0.05, 0.1) is 0 Å². The summed E-state index contributed by atoms with van der Waals surface area (Å²) in [7, 11) is 1.65. The maximum absolute atomic E-state index is 11.2. The van der Waals surface area contributed by atoms with Crippen LogP contribution in [0.3, 0.4) is 0 Å². The molecule has 0 unspecified atom stereocenters. The fourth-order valence-corrected chi connectivity index (χ4v) is 1.03. The van der Waals surface area contributed by atoms with Crippen molar-refractivity contribution in [2.75, 3.05) is 26.7 Å². The van der Waals surface area contributed by atoms with E-state index in [1.54, 1.807) is 11.9 Å². The second kappa shape index (κ2) is 6.91. The Bertz CT molecular complexity index is 127. The number of rotatable bonds is 5. The molecule has 0 bridgehead atoms. The number of carbonyl (C=O) groups is 1. The lowest BCUT2D eigenvalue weighted by molar-refractivity contribution is 0.199. The summed E-state index contributed by atoms with van der Waals surface area (Å²) < 4.78 is 0. The van der Waals surface area contributed by atoms with Crippen LogP contribution in [0.1, 0.15) is 19.8 Å². The lowest BCUT2D eigenvalue weighted by Crippen LogP contribution is -2.39. The van der Waals surface area contributed by atoms with Gasteiger partial charge in [-0.2, -0.15) is 0 Å². The van der Waals surface area contributed by atoms with E-state index in [-0.39, 0.29) is 6.03 Å². The SMILES string of the molecule is CCCN(CCCN)C(=O)NC. The zero-order valence-electron chi connectivity index (χ0n) is 7.97. The first-order valence-corrected chi connectivity index (χ1v) is 4.43. The molecule has 0 aromatic heterocycles. The molecule has 12 heavy (non-hydrogen) atoms. The molecule has 72 valence electrons. The molecule has 4 nitrogen and oxygen atoms in total. The summed E-state index contributed by atoms with van der Waals surface area (Å²) in [5.41, 5.74) is 5.36. The molecule has 2 amide bonds. The van der Waals surface area contributed by atoms with E-state index < -0.39 is 0 Å². The number of amides is 2. The number of carbonyl (C=O) groups excluding carboxylic acids is 1. The number of hydrogen-bond acceptors (Lipinski definition) is 2. The minimum Gasteiger partial charge on any atom is -0.341 e. The third-order valence-corrected chi connectivity index (χ3v) is 1.63. The van der Waals surface area contributed by atoms with Gasteiger partial charge in [-0.3, -0.25) is 0 Å². The van der Waals surface area contributed by atoms with Crippen LogP contribution in [0.25, 0.3) is 0 Å². The van der Waals surface area contributed by atoms with E-state index in [2.05, 4.69) is 12.2 Å². The molecule has 0 saturated carbocycles. The Balaban J connectivity index is 3.76. The zero-order chi connectivity index (χ0) is 9.40. The summed E-state index contributed by atoms with van der Waals surface area (Å²) in [5, 5.41) is 2.60. The molecule has 0 atom stereocenters. The van der Waals surface area contributed by atoms with Crippen molar-refractivity contribution < 1.29 is 4.79 Å². The molecule has 0 aliphatic heterocycles. The van der Waals surface area contributed by atoms with E-state index in [0.717, 1.165) is 25.9 Å². The number of nitrogens with zero attached hydrogens (tertiary/aromatic N) is 1. The molecule has 0 aliphatic rings. The molecule has 0 aromatic carbocycles.